The second kappa shape index (κ2) is 4.21. The van der Waals surface area contributed by atoms with E-state index in [9.17, 15) is 0 Å². The lowest BCUT2D eigenvalue weighted by atomic mass is 10.1. The first-order chi connectivity index (χ1) is 5.63. The van der Waals surface area contributed by atoms with Crippen LogP contribution in [0.15, 0.2) is 0 Å². The zero-order valence-corrected chi connectivity index (χ0v) is 8.74. The Morgan fingerprint density at radius 3 is 2.67 bits per heavy atom. The monoisotopic (exact) mass is 205 g/mol. The van der Waals surface area contributed by atoms with Crippen molar-refractivity contribution in [1.29, 1.82) is 0 Å². The predicted octanol–water partition coefficient (Wildman–Crippen LogP) is 2.49. The van der Waals surface area contributed by atoms with Gasteiger partial charge in [-0.05, 0) is 5.92 Å². The van der Waals surface area contributed by atoms with E-state index >= 15 is 0 Å². The predicted molar refractivity (Wildman–Crippen MR) is 51.6 cm³/mol. The average molecular weight is 206 g/mol. The van der Waals surface area contributed by atoms with E-state index in [0.29, 0.717) is 15.9 Å². The molecule has 0 atom stereocenters. The highest BCUT2D eigenvalue weighted by molar-refractivity contribution is 7.16. The van der Waals surface area contributed by atoms with Crippen molar-refractivity contribution >= 4 is 22.9 Å². The van der Waals surface area contributed by atoms with Gasteiger partial charge in [0.25, 0.3) is 0 Å². The number of halogens is 1. The van der Waals surface area contributed by atoms with E-state index in [2.05, 4.69) is 18.8 Å². The van der Waals surface area contributed by atoms with Gasteiger partial charge < -0.3 is 5.11 Å². The summed E-state index contributed by atoms with van der Waals surface area (Å²) in [5.41, 5.74) is 0.609. The van der Waals surface area contributed by atoms with Gasteiger partial charge in [-0.25, -0.2) is 4.98 Å². The number of nitrogens with zero attached hydrogens (tertiary/aromatic N) is 1. The van der Waals surface area contributed by atoms with Crippen molar-refractivity contribution in [3.05, 3.63) is 15.0 Å². The van der Waals surface area contributed by atoms with E-state index in [4.69, 9.17) is 16.7 Å². The first-order valence-corrected chi connectivity index (χ1v) is 5.08. The molecule has 1 rings (SSSR count). The molecule has 1 aromatic rings. The van der Waals surface area contributed by atoms with Crippen LogP contribution in [0.1, 0.15) is 24.5 Å². The van der Waals surface area contributed by atoms with Crippen molar-refractivity contribution in [2.75, 3.05) is 0 Å². The maximum atomic E-state index is 8.83. The van der Waals surface area contributed by atoms with Crippen molar-refractivity contribution in [3.8, 4) is 0 Å². The summed E-state index contributed by atoms with van der Waals surface area (Å²) in [5, 5.41) is 9.84. The molecule has 1 aromatic heterocycles. The Morgan fingerprint density at radius 2 is 2.25 bits per heavy atom. The first-order valence-electron chi connectivity index (χ1n) is 3.88. The lowest BCUT2D eigenvalue weighted by molar-refractivity contribution is 0.277. The van der Waals surface area contributed by atoms with Crippen LogP contribution in [0.25, 0.3) is 0 Å². The summed E-state index contributed by atoms with van der Waals surface area (Å²) in [7, 11) is 0. The summed E-state index contributed by atoms with van der Waals surface area (Å²) >= 11 is 7.29. The second-order valence-corrected chi connectivity index (χ2v) is 4.77. The smallest absolute Gasteiger partial charge is 0.119 e. The topological polar surface area (TPSA) is 33.1 Å². The van der Waals surface area contributed by atoms with Gasteiger partial charge in [0.1, 0.15) is 4.34 Å². The summed E-state index contributed by atoms with van der Waals surface area (Å²) in [5.74, 6) is 0.582. The molecule has 0 aliphatic heterocycles. The largest absolute Gasteiger partial charge is 0.390 e. The van der Waals surface area contributed by atoms with Gasteiger partial charge in [-0.2, -0.15) is 0 Å². The molecule has 68 valence electrons. The minimum Gasteiger partial charge on any atom is -0.390 e. The Hall–Kier alpha value is -0.120. The fraction of sp³-hybridized carbons (Fsp3) is 0.625. The molecule has 0 spiro atoms. The van der Waals surface area contributed by atoms with E-state index in [-0.39, 0.29) is 6.61 Å². The number of aliphatic hydroxyl groups excluding tert-OH is 1. The summed E-state index contributed by atoms with van der Waals surface area (Å²) < 4.78 is 0.619. The van der Waals surface area contributed by atoms with Crippen LogP contribution in [-0.2, 0) is 13.0 Å². The Bertz CT molecular complexity index is 260. The molecule has 1 N–H and O–H groups in total. The first kappa shape index (κ1) is 9.96. The zero-order chi connectivity index (χ0) is 9.14. The molecule has 0 aliphatic carbocycles. The maximum absolute atomic E-state index is 8.83. The number of aromatic nitrogens is 1. The van der Waals surface area contributed by atoms with Crippen LogP contribution in [0.3, 0.4) is 0 Å². The minimum atomic E-state index is -0.0621. The molecular formula is C8H12ClNOS. The van der Waals surface area contributed by atoms with Crippen LogP contribution in [0.2, 0.25) is 4.34 Å². The Labute approximate surface area is 81.2 Å². The lowest BCUT2D eigenvalue weighted by Gasteiger charge is -1.97. The van der Waals surface area contributed by atoms with Gasteiger partial charge in [0.2, 0.25) is 0 Å². The maximum Gasteiger partial charge on any atom is 0.119 e. The van der Waals surface area contributed by atoms with E-state index in [0.717, 1.165) is 11.4 Å². The van der Waals surface area contributed by atoms with Gasteiger partial charge >= 0.3 is 0 Å². The minimum absolute atomic E-state index is 0.0621. The quantitative estimate of drug-likeness (QED) is 0.823. The highest BCUT2D eigenvalue weighted by Crippen LogP contribution is 2.25. The van der Waals surface area contributed by atoms with E-state index in [1.165, 1.54) is 11.3 Å². The van der Waals surface area contributed by atoms with Gasteiger partial charge in [0.15, 0.2) is 0 Å². The molecule has 0 radical (unpaired) electrons. The van der Waals surface area contributed by atoms with Gasteiger partial charge in [0, 0.05) is 6.42 Å². The Kier molecular flexibility index (Phi) is 3.50. The molecule has 4 heteroatoms. The molecule has 0 saturated heterocycles. The van der Waals surface area contributed by atoms with Crippen LogP contribution >= 0.6 is 22.9 Å². The molecule has 2 nitrogen and oxygen atoms in total. The summed E-state index contributed by atoms with van der Waals surface area (Å²) in [6, 6.07) is 0. The number of aliphatic hydroxyl groups is 1. The molecule has 0 bridgehead atoms. The number of hydrogen-bond acceptors (Lipinski definition) is 3. The summed E-state index contributed by atoms with van der Waals surface area (Å²) in [6.07, 6.45) is 0.935. The molecule has 1 heterocycles. The third-order valence-electron chi connectivity index (χ3n) is 1.43. The highest BCUT2D eigenvalue weighted by atomic mass is 35.5. The lowest BCUT2D eigenvalue weighted by Crippen LogP contribution is -1.93. The number of hydrogen-bond donors (Lipinski definition) is 1. The molecule has 0 amide bonds. The van der Waals surface area contributed by atoms with Gasteiger partial charge in [-0.1, -0.05) is 25.4 Å². The van der Waals surface area contributed by atoms with Crippen molar-refractivity contribution in [2.45, 2.75) is 26.9 Å². The number of thiazole rings is 1. The zero-order valence-electron chi connectivity index (χ0n) is 7.17. The number of rotatable bonds is 3. The third-order valence-corrected chi connectivity index (χ3v) is 2.78. The molecule has 0 unspecified atom stereocenters. The SMILES string of the molecule is CC(C)Cc1nc(CO)c(Cl)s1. The normalized spacial score (nSPS) is 11.1. The highest BCUT2D eigenvalue weighted by Gasteiger charge is 2.08. The van der Waals surface area contributed by atoms with Crippen LogP contribution in [0.5, 0.6) is 0 Å². The molecule has 12 heavy (non-hydrogen) atoms. The Morgan fingerprint density at radius 1 is 1.58 bits per heavy atom. The summed E-state index contributed by atoms with van der Waals surface area (Å²) in [6.45, 7) is 4.20. The third kappa shape index (κ3) is 2.44. The van der Waals surface area contributed by atoms with Crippen LogP contribution < -0.4 is 0 Å². The molecular weight excluding hydrogens is 194 g/mol. The van der Waals surface area contributed by atoms with Crippen LogP contribution in [0, 0.1) is 5.92 Å². The van der Waals surface area contributed by atoms with Gasteiger partial charge in [0.05, 0.1) is 17.3 Å². The van der Waals surface area contributed by atoms with Crippen LogP contribution in [0.4, 0.5) is 0 Å². The average Bonchev–Trinajstić information content (AvgIpc) is 2.29. The van der Waals surface area contributed by atoms with Crippen molar-refractivity contribution in [3.63, 3.8) is 0 Å². The van der Waals surface area contributed by atoms with Gasteiger partial charge in [-0.3, -0.25) is 0 Å². The second-order valence-electron chi connectivity index (χ2n) is 3.08. The molecule has 0 aromatic carbocycles. The van der Waals surface area contributed by atoms with Crippen LogP contribution in [-0.4, -0.2) is 10.1 Å². The summed E-state index contributed by atoms with van der Waals surface area (Å²) in [4.78, 5) is 4.20. The van der Waals surface area contributed by atoms with E-state index < -0.39 is 0 Å². The molecule has 0 aliphatic rings. The van der Waals surface area contributed by atoms with E-state index in [1.807, 2.05) is 0 Å². The molecule has 0 saturated carbocycles. The molecule has 0 fully saturated rings. The van der Waals surface area contributed by atoms with Crippen molar-refractivity contribution in [2.24, 2.45) is 5.92 Å². The fourth-order valence-electron chi connectivity index (χ4n) is 0.914. The van der Waals surface area contributed by atoms with Gasteiger partial charge in [-0.15, -0.1) is 11.3 Å². The Balaban J connectivity index is 2.75. The standard InChI is InChI=1S/C8H12ClNOS/c1-5(2)3-7-10-6(4-11)8(9)12-7/h5,11H,3-4H2,1-2H3. The van der Waals surface area contributed by atoms with E-state index in [1.54, 1.807) is 0 Å². The van der Waals surface area contributed by atoms with Crippen molar-refractivity contribution < 1.29 is 5.11 Å². The van der Waals surface area contributed by atoms with Crippen molar-refractivity contribution in [1.82, 2.24) is 4.98 Å². The fourth-order valence-corrected chi connectivity index (χ4v) is 2.29.